The lowest BCUT2D eigenvalue weighted by Crippen LogP contribution is -2.52. The molecule has 1 aliphatic heterocycles. The molecule has 1 aromatic rings. The molecule has 20 heavy (non-hydrogen) atoms. The molecule has 1 N–H and O–H groups in total. The molecule has 6 heteroatoms. The second-order valence-corrected chi connectivity index (χ2v) is 4.97. The molecule has 0 amide bonds. The molecule has 2 heterocycles. The lowest BCUT2D eigenvalue weighted by Gasteiger charge is -2.36. The minimum Gasteiger partial charge on any atom is -0.377 e. The fourth-order valence-corrected chi connectivity index (χ4v) is 2.43. The van der Waals surface area contributed by atoms with Gasteiger partial charge in [0.25, 0.3) is 5.56 Å². The average molecular weight is 280 g/mol. The van der Waals surface area contributed by atoms with Crippen molar-refractivity contribution < 1.29 is 4.74 Å². The minimum absolute atomic E-state index is 0.0163. The van der Waals surface area contributed by atoms with Gasteiger partial charge in [-0.1, -0.05) is 6.92 Å². The van der Waals surface area contributed by atoms with Crippen LogP contribution in [0.25, 0.3) is 0 Å². The maximum absolute atomic E-state index is 12.4. The molecule has 1 aromatic heterocycles. The number of anilines is 1. The first-order chi connectivity index (χ1) is 9.77. The van der Waals surface area contributed by atoms with E-state index in [4.69, 9.17) is 4.74 Å². The van der Waals surface area contributed by atoms with Crippen molar-refractivity contribution in [2.45, 2.75) is 32.9 Å². The molecule has 1 saturated heterocycles. The maximum atomic E-state index is 12.4. The van der Waals surface area contributed by atoms with Crippen molar-refractivity contribution in [3.05, 3.63) is 22.7 Å². The summed E-state index contributed by atoms with van der Waals surface area (Å²) in [4.78, 5) is 18.8. The highest BCUT2D eigenvalue weighted by Gasteiger charge is 2.26. The number of hydrogen-bond acceptors (Lipinski definition) is 5. The third-order valence-electron chi connectivity index (χ3n) is 3.54. The summed E-state index contributed by atoms with van der Waals surface area (Å²) in [6.07, 6.45) is 4.53. The summed E-state index contributed by atoms with van der Waals surface area (Å²) >= 11 is 0. The second kappa shape index (κ2) is 7.40. The number of nitrogens with zero attached hydrogens (tertiary/aromatic N) is 3. The number of aryl methyl sites for hydroxylation is 1. The molecular formula is C14H24N4O2. The van der Waals surface area contributed by atoms with Crippen LogP contribution in [0.3, 0.4) is 0 Å². The summed E-state index contributed by atoms with van der Waals surface area (Å²) in [5, 5.41) is 3.39. The lowest BCUT2D eigenvalue weighted by molar-refractivity contribution is 0.0932. The van der Waals surface area contributed by atoms with Crippen molar-refractivity contribution in [2.75, 3.05) is 37.7 Å². The van der Waals surface area contributed by atoms with E-state index in [0.29, 0.717) is 32.1 Å². The Bertz CT molecular complexity index is 474. The van der Waals surface area contributed by atoms with Gasteiger partial charge < -0.3 is 19.5 Å². The highest BCUT2D eigenvalue weighted by molar-refractivity contribution is 5.38. The van der Waals surface area contributed by atoms with Crippen LogP contribution < -0.4 is 15.8 Å². The summed E-state index contributed by atoms with van der Waals surface area (Å²) < 4.78 is 7.23. The molecule has 1 unspecified atom stereocenters. The van der Waals surface area contributed by atoms with Crippen molar-refractivity contribution >= 4 is 5.82 Å². The SMILES string of the molecule is CCCNCC1COCCN1c1nccn(CC)c1=O. The Morgan fingerprint density at radius 2 is 2.35 bits per heavy atom. The summed E-state index contributed by atoms with van der Waals surface area (Å²) in [5.41, 5.74) is -0.0163. The zero-order valence-electron chi connectivity index (χ0n) is 12.3. The summed E-state index contributed by atoms with van der Waals surface area (Å²) in [6.45, 7) is 8.56. The standard InChI is InChI=1S/C14H24N4O2/c1-3-5-15-10-12-11-20-9-8-18(12)13-14(19)17(4-2)7-6-16-13/h6-7,12,15H,3-5,8-11H2,1-2H3. The Hall–Kier alpha value is -1.40. The first kappa shape index (κ1) is 15.0. The van der Waals surface area contributed by atoms with Gasteiger partial charge in [-0.25, -0.2) is 4.98 Å². The van der Waals surface area contributed by atoms with Gasteiger partial charge in [-0.2, -0.15) is 0 Å². The summed E-state index contributed by atoms with van der Waals surface area (Å²) in [7, 11) is 0. The zero-order valence-corrected chi connectivity index (χ0v) is 12.3. The van der Waals surface area contributed by atoms with Crippen LogP contribution in [0.15, 0.2) is 17.2 Å². The summed E-state index contributed by atoms with van der Waals surface area (Å²) in [6, 6.07) is 0.170. The predicted molar refractivity (Wildman–Crippen MR) is 79.3 cm³/mol. The Morgan fingerprint density at radius 1 is 1.50 bits per heavy atom. The van der Waals surface area contributed by atoms with E-state index < -0.39 is 0 Å². The van der Waals surface area contributed by atoms with E-state index >= 15 is 0 Å². The fourth-order valence-electron chi connectivity index (χ4n) is 2.43. The quantitative estimate of drug-likeness (QED) is 0.768. The van der Waals surface area contributed by atoms with Gasteiger partial charge in [0, 0.05) is 32.0 Å². The fraction of sp³-hybridized carbons (Fsp3) is 0.714. The molecule has 0 aromatic carbocycles. The molecule has 1 aliphatic rings. The Kier molecular flexibility index (Phi) is 5.55. The molecule has 1 atom stereocenters. The molecule has 1 fully saturated rings. The van der Waals surface area contributed by atoms with Gasteiger partial charge in [0.05, 0.1) is 19.3 Å². The van der Waals surface area contributed by atoms with Crippen molar-refractivity contribution in [1.82, 2.24) is 14.9 Å². The number of aromatic nitrogens is 2. The minimum atomic E-state index is -0.0163. The lowest BCUT2D eigenvalue weighted by atomic mass is 10.2. The third kappa shape index (κ3) is 3.37. The van der Waals surface area contributed by atoms with E-state index in [1.807, 2.05) is 6.92 Å². The van der Waals surface area contributed by atoms with Crippen molar-refractivity contribution in [1.29, 1.82) is 0 Å². The molecule has 0 radical (unpaired) electrons. The number of hydrogen-bond donors (Lipinski definition) is 1. The summed E-state index contributed by atoms with van der Waals surface area (Å²) in [5.74, 6) is 0.543. The first-order valence-electron chi connectivity index (χ1n) is 7.38. The molecule has 0 saturated carbocycles. The van der Waals surface area contributed by atoms with Crippen LogP contribution in [0.5, 0.6) is 0 Å². The van der Waals surface area contributed by atoms with Gasteiger partial charge in [-0.05, 0) is 19.9 Å². The van der Waals surface area contributed by atoms with Crippen LogP contribution in [0.1, 0.15) is 20.3 Å². The van der Waals surface area contributed by atoms with E-state index in [1.54, 1.807) is 17.0 Å². The van der Waals surface area contributed by atoms with Crippen LogP contribution in [-0.2, 0) is 11.3 Å². The van der Waals surface area contributed by atoms with Gasteiger partial charge >= 0.3 is 0 Å². The maximum Gasteiger partial charge on any atom is 0.293 e. The number of rotatable bonds is 6. The van der Waals surface area contributed by atoms with Crippen molar-refractivity contribution in [2.24, 2.45) is 0 Å². The predicted octanol–water partition coefficient (Wildman–Crippen LogP) is 0.468. The van der Waals surface area contributed by atoms with Gasteiger partial charge in [0.15, 0.2) is 5.82 Å². The highest BCUT2D eigenvalue weighted by Crippen LogP contribution is 2.12. The first-order valence-corrected chi connectivity index (χ1v) is 7.38. The van der Waals surface area contributed by atoms with E-state index in [0.717, 1.165) is 19.5 Å². The third-order valence-corrected chi connectivity index (χ3v) is 3.54. The van der Waals surface area contributed by atoms with Gasteiger partial charge in [0.1, 0.15) is 0 Å². The van der Waals surface area contributed by atoms with E-state index in [2.05, 4.69) is 22.1 Å². The van der Waals surface area contributed by atoms with E-state index in [9.17, 15) is 4.79 Å². The number of morpholine rings is 1. The molecular weight excluding hydrogens is 256 g/mol. The number of nitrogens with one attached hydrogen (secondary N) is 1. The van der Waals surface area contributed by atoms with Gasteiger partial charge in [-0.15, -0.1) is 0 Å². The average Bonchev–Trinajstić information content (AvgIpc) is 2.48. The Morgan fingerprint density at radius 3 is 3.10 bits per heavy atom. The van der Waals surface area contributed by atoms with Crippen LogP contribution in [0.4, 0.5) is 5.82 Å². The number of ether oxygens (including phenoxy) is 1. The normalized spacial score (nSPS) is 19.3. The van der Waals surface area contributed by atoms with Crippen molar-refractivity contribution in [3.63, 3.8) is 0 Å². The Balaban J connectivity index is 2.17. The van der Waals surface area contributed by atoms with Crippen molar-refractivity contribution in [3.8, 4) is 0 Å². The smallest absolute Gasteiger partial charge is 0.293 e. The molecule has 0 aliphatic carbocycles. The van der Waals surface area contributed by atoms with Crippen LogP contribution >= 0.6 is 0 Å². The van der Waals surface area contributed by atoms with Crippen LogP contribution in [0.2, 0.25) is 0 Å². The highest BCUT2D eigenvalue weighted by atomic mass is 16.5. The van der Waals surface area contributed by atoms with Crippen LogP contribution in [-0.4, -0.2) is 48.4 Å². The molecule has 112 valence electrons. The van der Waals surface area contributed by atoms with E-state index in [-0.39, 0.29) is 11.6 Å². The Labute approximate surface area is 119 Å². The second-order valence-electron chi connectivity index (χ2n) is 4.97. The molecule has 2 rings (SSSR count). The van der Waals surface area contributed by atoms with Gasteiger partial charge in [0.2, 0.25) is 0 Å². The van der Waals surface area contributed by atoms with E-state index in [1.165, 1.54) is 0 Å². The zero-order chi connectivity index (χ0) is 14.4. The van der Waals surface area contributed by atoms with Crippen LogP contribution in [0, 0.1) is 0 Å². The molecule has 0 bridgehead atoms. The largest absolute Gasteiger partial charge is 0.377 e. The molecule has 6 nitrogen and oxygen atoms in total. The topological polar surface area (TPSA) is 59.4 Å². The monoisotopic (exact) mass is 280 g/mol. The van der Waals surface area contributed by atoms with Gasteiger partial charge in [-0.3, -0.25) is 4.79 Å². The molecule has 0 spiro atoms.